The molecule has 0 fully saturated rings. The molecule has 0 spiro atoms. The Labute approximate surface area is 114 Å². The number of aromatic nitrogens is 2. The van der Waals surface area contributed by atoms with E-state index in [-0.39, 0.29) is 5.75 Å². The lowest BCUT2D eigenvalue weighted by Crippen LogP contribution is -1.70. The molecule has 4 aromatic rings. The van der Waals surface area contributed by atoms with Crippen molar-refractivity contribution in [2.45, 2.75) is 6.92 Å². The molecule has 0 aliphatic heterocycles. The topological polar surface area (TPSA) is 72.3 Å². The van der Waals surface area contributed by atoms with Gasteiger partial charge >= 0.3 is 0 Å². The second-order valence-electron chi connectivity index (χ2n) is 4.33. The van der Waals surface area contributed by atoms with E-state index in [9.17, 15) is 0 Å². The fourth-order valence-electron chi connectivity index (χ4n) is 1.81. The molecule has 2 aromatic heterocycles. The van der Waals surface area contributed by atoms with Gasteiger partial charge in [0.15, 0.2) is 24.0 Å². The smallest absolute Gasteiger partial charge is 0.181 e. The highest BCUT2D eigenvalue weighted by Crippen LogP contribution is 2.17. The molecule has 0 unspecified atom stereocenters. The zero-order chi connectivity index (χ0) is 13.9. The molecule has 4 rings (SSSR count). The number of benzene rings is 2. The van der Waals surface area contributed by atoms with Crippen LogP contribution in [0.4, 0.5) is 0 Å². The average Bonchev–Trinajstić information content (AvgIpc) is 3.06. The first-order valence-electron chi connectivity index (χ1n) is 6.04. The van der Waals surface area contributed by atoms with Crippen molar-refractivity contribution in [2.24, 2.45) is 0 Å². The van der Waals surface area contributed by atoms with Gasteiger partial charge in [-0.15, -0.1) is 0 Å². The molecular formula is C15H12N2O3. The highest BCUT2D eigenvalue weighted by molar-refractivity contribution is 5.73. The minimum atomic E-state index is 0.210. The summed E-state index contributed by atoms with van der Waals surface area (Å²) in [6.45, 7) is 2.04. The van der Waals surface area contributed by atoms with E-state index in [1.165, 1.54) is 18.4 Å². The van der Waals surface area contributed by atoms with Crippen molar-refractivity contribution in [3.63, 3.8) is 0 Å². The van der Waals surface area contributed by atoms with Gasteiger partial charge in [0.2, 0.25) is 0 Å². The normalized spacial score (nSPS) is 10.4. The third-order valence-corrected chi connectivity index (χ3v) is 2.80. The molecule has 2 heterocycles. The zero-order valence-corrected chi connectivity index (χ0v) is 10.8. The molecule has 0 bridgehead atoms. The number of hydrogen-bond acceptors (Lipinski definition) is 5. The summed E-state index contributed by atoms with van der Waals surface area (Å²) in [5.74, 6) is 0.210. The van der Waals surface area contributed by atoms with Gasteiger partial charge in [0, 0.05) is 6.07 Å². The van der Waals surface area contributed by atoms with Crippen LogP contribution in [0.5, 0.6) is 5.75 Å². The van der Waals surface area contributed by atoms with E-state index in [4.69, 9.17) is 13.9 Å². The van der Waals surface area contributed by atoms with Crippen LogP contribution in [0.2, 0.25) is 0 Å². The third kappa shape index (κ3) is 2.47. The summed E-state index contributed by atoms with van der Waals surface area (Å²) in [6.07, 6.45) is 2.81. The van der Waals surface area contributed by atoms with Crippen molar-refractivity contribution in [1.29, 1.82) is 0 Å². The Kier molecular flexibility index (Phi) is 3.09. The van der Waals surface area contributed by atoms with E-state index in [0.717, 1.165) is 11.1 Å². The number of phenolic OH excluding ortho intramolecular Hbond substituents is 1. The summed E-state index contributed by atoms with van der Waals surface area (Å²) < 4.78 is 10.0. The fourth-order valence-corrected chi connectivity index (χ4v) is 1.81. The van der Waals surface area contributed by atoms with Crippen LogP contribution in [0.15, 0.2) is 58.0 Å². The Bertz CT molecular complexity index is 776. The van der Waals surface area contributed by atoms with E-state index >= 15 is 0 Å². The predicted octanol–water partition coefficient (Wildman–Crippen LogP) is 3.67. The number of fused-ring (bicyclic) bond motifs is 2. The van der Waals surface area contributed by atoms with E-state index in [2.05, 4.69) is 9.97 Å². The van der Waals surface area contributed by atoms with E-state index < -0.39 is 0 Å². The van der Waals surface area contributed by atoms with Crippen LogP contribution in [0, 0.1) is 6.92 Å². The van der Waals surface area contributed by atoms with Gasteiger partial charge in [0.25, 0.3) is 0 Å². The number of phenols is 1. The quantitative estimate of drug-likeness (QED) is 0.526. The number of hydrogen-bond donors (Lipinski definition) is 1. The lowest BCUT2D eigenvalue weighted by Gasteiger charge is -1.87. The van der Waals surface area contributed by atoms with Crippen LogP contribution >= 0.6 is 0 Å². The molecule has 0 radical (unpaired) electrons. The zero-order valence-electron chi connectivity index (χ0n) is 10.8. The number of nitrogens with zero attached hydrogens (tertiary/aromatic N) is 2. The lowest BCUT2D eigenvalue weighted by atomic mass is 10.2. The maximum absolute atomic E-state index is 8.97. The van der Waals surface area contributed by atoms with Gasteiger partial charge in [-0.25, -0.2) is 9.97 Å². The van der Waals surface area contributed by atoms with E-state index in [1.54, 1.807) is 18.2 Å². The first-order valence-corrected chi connectivity index (χ1v) is 6.04. The van der Waals surface area contributed by atoms with Crippen molar-refractivity contribution in [1.82, 2.24) is 9.97 Å². The number of aryl methyl sites for hydroxylation is 1. The largest absolute Gasteiger partial charge is 0.508 e. The second-order valence-corrected chi connectivity index (χ2v) is 4.33. The summed E-state index contributed by atoms with van der Waals surface area (Å²) in [5, 5.41) is 8.97. The highest BCUT2D eigenvalue weighted by Gasteiger charge is 1.97. The summed E-state index contributed by atoms with van der Waals surface area (Å²) in [6, 6.07) is 10.7. The van der Waals surface area contributed by atoms with E-state index in [1.807, 2.05) is 25.1 Å². The predicted molar refractivity (Wildman–Crippen MR) is 74.4 cm³/mol. The number of oxazole rings is 2. The first-order chi connectivity index (χ1) is 9.72. The molecule has 0 amide bonds. The number of aromatic hydroxyl groups is 1. The Balaban J connectivity index is 0.000000121. The van der Waals surface area contributed by atoms with Crippen molar-refractivity contribution in [2.75, 3.05) is 0 Å². The first kappa shape index (κ1) is 12.2. The van der Waals surface area contributed by atoms with Crippen molar-refractivity contribution in [3.8, 4) is 5.75 Å². The fraction of sp³-hybridized carbons (Fsp3) is 0.0667. The summed E-state index contributed by atoms with van der Waals surface area (Å²) in [4.78, 5) is 7.87. The van der Waals surface area contributed by atoms with Gasteiger partial charge in [-0.2, -0.15) is 0 Å². The maximum atomic E-state index is 8.97. The average molecular weight is 268 g/mol. The summed E-state index contributed by atoms with van der Waals surface area (Å²) in [7, 11) is 0. The number of rotatable bonds is 0. The van der Waals surface area contributed by atoms with Crippen LogP contribution in [-0.4, -0.2) is 15.1 Å². The van der Waals surface area contributed by atoms with Crippen molar-refractivity contribution in [3.05, 3.63) is 54.7 Å². The molecule has 100 valence electrons. The van der Waals surface area contributed by atoms with Gasteiger partial charge in [-0.05, 0) is 36.8 Å². The monoisotopic (exact) mass is 268 g/mol. The maximum Gasteiger partial charge on any atom is 0.181 e. The Hall–Kier alpha value is -2.82. The van der Waals surface area contributed by atoms with Crippen molar-refractivity contribution < 1.29 is 13.9 Å². The molecule has 0 aliphatic rings. The molecule has 20 heavy (non-hydrogen) atoms. The molecule has 5 heteroatoms. The summed E-state index contributed by atoms with van der Waals surface area (Å²) >= 11 is 0. The van der Waals surface area contributed by atoms with Crippen LogP contribution < -0.4 is 0 Å². The molecule has 2 aromatic carbocycles. The lowest BCUT2D eigenvalue weighted by molar-refractivity contribution is 0.476. The van der Waals surface area contributed by atoms with Crippen LogP contribution in [0.25, 0.3) is 22.2 Å². The molecule has 5 nitrogen and oxygen atoms in total. The van der Waals surface area contributed by atoms with Gasteiger partial charge in [0.1, 0.15) is 16.8 Å². The van der Waals surface area contributed by atoms with Gasteiger partial charge < -0.3 is 13.9 Å². The molecule has 0 saturated carbocycles. The van der Waals surface area contributed by atoms with Crippen LogP contribution in [-0.2, 0) is 0 Å². The Morgan fingerprint density at radius 2 is 1.45 bits per heavy atom. The summed E-state index contributed by atoms with van der Waals surface area (Å²) in [5.41, 5.74) is 4.37. The van der Waals surface area contributed by atoms with Crippen LogP contribution in [0.1, 0.15) is 5.56 Å². The standard InChI is InChI=1S/C8H7NO.C7H5NO2/c1-6-2-3-8-7(4-6)9-5-10-8;9-5-1-2-7-6(3-5)8-4-10-7/h2-5H,1H3;1-4,9H. The Morgan fingerprint density at radius 3 is 2.15 bits per heavy atom. The molecule has 1 N–H and O–H groups in total. The second kappa shape index (κ2) is 5.05. The molecule has 0 saturated heterocycles. The van der Waals surface area contributed by atoms with Gasteiger partial charge in [-0.3, -0.25) is 0 Å². The molecular weight excluding hydrogens is 256 g/mol. The minimum Gasteiger partial charge on any atom is -0.508 e. The van der Waals surface area contributed by atoms with Gasteiger partial charge in [-0.1, -0.05) is 6.07 Å². The SMILES string of the molecule is Cc1ccc2ocnc2c1.Oc1ccc2ocnc2c1. The van der Waals surface area contributed by atoms with Crippen molar-refractivity contribution >= 4 is 22.2 Å². The van der Waals surface area contributed by atoms with Gasteiger partial charge in [0.05, 0.1) is 0 Å². The molecule has 0 atom stereocenters. The third-order valence-electron chi connectivity index (χ3n) is 2.80. The van der Waals surface area contributed by atoms with E-state index in [0.29, 0.717) is 11.1 Å². The Morgan fingerprint density at radius 1 is 0.850 bits per heavy atom. The highest BCUT2D eigenvalue weighted by atomic mass is 16.3. The molecule has 0 aliphatic carbocycles. The minimum absolute atomic E-state index is 0.210. The van der Waals surface area contributed by atoms with Crippen LogP contribution in [0.3, 0.4) is 0 Å².